The first-order chi connectivity index (χ1) is 15.0. The number of para-hydroxylation sites is 1. The van der Waals surface area contributed by atoms with Crippen molar-refractivity contribution >= 4 is 28.5 Å². The highest BCUT2D eigenvalue weighted by atomic mass is 16.5. The molecule has 0 saturated carbocycles. The third kappa shape index (κ3) is 4.38. The second-order valence-electron chi connectivity index (χ2n) is 8.11. The number of nitrogens with one attached hydrogen (secondary N) is 1. The summed E-state index contributed by atoms with van der Waals surface area (Å²) in [5.41, 5.74) is 4.74. The van der Waals surface area contributed by atoms with E-state index in [0.717, 1.165) is 47.0 Å². The fourth-order valence-corrected chi connectivity index (χ4v) is 4.10. The summed E-state index contributed by atoms with van der Waals surface area (Å²) in [7, 11) is 1.54. The van der Waals surface area contributed by atoms with E-state index >= 15 is 0 Å². The van der Waals surface area contributed by atoms with Crippen molar-refractivity contribution in [3.05, 3.63) is 64.8 Å². The van der Waals surface area contributed by atoms with E-state index in [1.54, 1.807) is 13.2 Å². The molecule has 2 aromatic carbocycles. The van der Waals surface area contributed by atoms with Gasteiger partial charge in [0.15, 0.2) is 6.61 Å². The van der Waals surface area contributed by atoms with E-state index in [1.807, 2.05) is 43.3 Å². The number of ether oxygens (including phenoxy) is 2. The molecule has 0 fully saturated rings. The number of aryl methyl sites for hydroxylation is 2. The molecule has 1 aliphatic rings. The normalized spacial score (nSPS) is 15.3. The van der Waals surface area contributed by atoms with Crippen molar-refractivity contribution in [1.82, 2.24) is 4.98 Å². The predicted octanol–water partition coefficient (Wildman–Crippen LogP) is 4.47. The lowest BCUT2D eigenvalue weighted by molar-refractivity contribution is -0.119. The molecule has 0 spiro atoms. The molecule has 1 aromatic heterocycles. The first-order valence-corrected chi connectivity index (χ1v) is 10.5. The maximum absolute atomic E-state index is 13.1. The molecule has 0 unspecified atom stereocenters. The monoisotopic (exact) mass is 418 g/mol. The number of benzene rings is 2. The van der Waals surface area contributed by atoms with E-state index < -0.39 is 11.9 Å². The summed E-state index contributed by atoms with van der Waals surface area (Å²) in [5, 5.41) is 3.53. The zero-order chi connectivity index (χ0) is 22.0. The van der Waals surface area contributed by atoms with Gasteiger partial charge in [-0.3, -0.25) is 9.78 Å². The average Bonchev–Trinajstić information content (AvgIpc) is 2.76. The molecule has 0 radical (unpaired) electrons. The summed E-state index contributed by atoms with van der Waals surface area (Å²) >= 11 is 0. The molecule has 1 N–H and O–H groups in total. The van der Waals surface area contributed by atoms with Gasteiger partial charge in [0.2, 0.25) is 0 Å². The molecule has 6 nitrogen and oxygen atoms in total. The van der Waals surface area contributed by atoms with Crippen LogP contribution in [0.5, 0.6) is 5.75 Å². The Morgan fingerprint density at radius 2 is 2.00 bits per heavy atom. The van der Waals surface area contributed by atoms with Gasteiger partial charge in [0.1, 0.15) is 5.75 Å². The van der Waals surface area contributed by atoms with Crippen LogP contribution in [0.1, 0.15) is 40.5 Å². The molecule has 0 bridgehead atoms. The molecule has 4 rings (SSSR count). The minimum Gasteiger partial charge on any atom is -0.495 e. The maximum atomic E-state index is 13.1. The maximum Gasteiger partial charge on any atom is 0.339 e. The largest absolute Gasteiger partial charge is 0.495 e. The van der Waals surface area contributed by atoms with Crippen LogP contribution in [0.4, 0.5) is 5.69 Å². The van der Waals surface area contributed by atoms with Crippen LogP contribution >= 0.6 is 0 Å². The van der Waals surface area contributed by atoms with Crippen LogP contribution < -0.4 is 10.1 Å². The number of rotatable bonds is 5. The van der Waals surface area contributed by atoms with Gasteiger partial charge in [-0.25, -0.2) is 4.79 Å². The van der Waals surface area contributed by atoms with E-state index in [9.17, 15) is 9.59 Å². The lowest BCUT2D eigenvalue weighted by Gasteiger charge is -2.24. The summed E-state index contributed by atoms with van der Waals surface area (Å²) in [4.78, 5) is 30.4. The SMILES string of the molecule is COc1ccc(C)cc1NC(=O)COC(=O)c1c2c(nc3ccccc13)CC[C@H](C)C2. The first-order valence-electron chi connectivity index (χ1n) is 10.5. The highest BCUT2D eigenvalue weighted by Crippen LogP contribution is 2.32. The Labute approximate surface area is 181 Å². The van der Waals surface area contributed by atoms with Gasteiger partial charge < -0.3 is 14.8 Å². The summed E-state index contributed by atoms with van der Waals surface area (Å²) in [6, 6.07) is 13.1. The Hall–Kier alpha value is -3.41. The van der Waals surface area contributed by atoms with Crippen LogP contribution in [-0.2, 0) is 22.4 Å². The Kier molecular flexibility index (Phi) is 5.89. The lowest BCUT2D eigenvalue weighted by atomic mass is 9.84. The molecular formula is C25H26N2O4. The summed E-state index contributed by atoms with van der Waals surface area (Å²) in [6.45, 7) is 3.72. The fourth-order valence-electron chi connectivity index (χ4n) is 4.10. The van der Waals surface area contributed by atoms with Crippen molar-refractivity contribution in [3.63, 3.8) is 0 Å². The summed E-state index contributed by atoms with van der Waals surface area (Å²) in [6.07, 6.45) is 2.67. The molecule has 1 aliphatic carbocycles. The van der Waals surface area contributed by atoms with Gasteiger partial charge in [0.05, 0.1) is 23.9 Å². The van der Waals surface area contributed by atoms with Gasteiger partial charge in [0.25, 0.3) is 5.91 Å². The first kappa shape index (κ1) is 20.8. The summed E-state index contributed by atoms with van der Waals surface area (Å²) < 4.78 is 10.7. The second kappa shape index (κ2) is 8.76. The number of carbonyl (C=O) groups is 2. The van der Waals surface area contributed by atoms with Crippen molar-refractivity contribution in [2.24, 2.45) is 5.92 Å². The highest BCUT2D eigenvalue weighted by molar-refractivity contribution is 6.06. The minimum absolute atomic E-state index is 0.378. The lowest BCUT2D eigenvalue weighted by Crippen LogP contribution is -2.24. The van der Waals surface area contributed by atoms with Crippen LogP contribution in [0, 0.1) is 12.8 Å². The quantitative estimate of drug-likeness (QED) is 0.619. The number of carbonyl (C=O) groups excluding carboxylic acids is 2. The molecule has 0 saturated heterocycles. The zero-order valence-electron chi connectivity index (χ0n) is 18.0. The van der Waals surface area contributed by atoms with Crippen molar-refractivity contribution in [1.29, 1.82) is 0 Å². The van der Waals surface area contributed by atoms with Crippen LogP contribution in [0.3, 0.4) is 0 Å². The van der Waals surface area contributed by atoms with Crippen molar-refractivity contribution in [2.75, 3.05) is 19.0 Å². The molecule has 6 heteroatoms. The van der Waals surface area contributed by atoms with E-state index in [0.29, 0.717) is 22.9 Å². The molecule has 1 heterocycles. The van der Waals surface area contributed by atoms with E-state index in [1.165, 1.54) is 0 Å². The predicted molar refractivity (Wildman–Crippen MR) is 120 cm³/mol. The smallest absolute Gasteiger partial charge is 0.339 e. The fraction of sp³-hybridized carbons (Fsp3) is 0.320. The molecule has 160 valence electrons. The van der Waals surface area contributed by atoms with Crippen molar-refractivity contribution in [2.45, 2.75) is 33.1 Å². The van der Waals surface area contributed by atoms with Crippen LogP contribution in [-0.4, -0.2) is 30.6 Å². The Morgan fingerprint density at radius 3 is 2.81 bits per heavy atom. The average molecular weight is 418 g/mol. The number of fused-ring (bicyclic) bond motifs is 2. The van der Waals surface area contributed by atoms with Crippen LogP contribution in [0.15, 0.2) is 42.5 Å². The number of pyridine rings is 1. The third-order valence-electron chi connectivity index (χ3n) is 5.67. The number of nitrogens with zero attached hydrogens (tertiary/aromatic N) is 1. The van der Waals surface area contributed by atoms with Crippen LogP contribution in [0.25, 0.3) is 10.9 Å². The topological polar surface area (TPSA) is 77.5 Å². The number of hydrogen-bond donors (Lipinski definition) is 1. The van der Waals surface area contributed by atoms with Gasteiger partial charge in [-0.1, -0.05) is 31.2 Å². The van der Waals surface area contributed by atoms with Gasteiger partial charge in [-0.2, -0.15) is 0 Å². The number of hydrogen-bond acceptors (Lipinski definition) is 5. The van der Waals surface area contributed by atoms with E-state index in [2.05, 4.69) is 12.2 Å². The Morgan fingerprint density at radius 1 is 1.19 bits per heavy atom. The van der Waals surface area contributed by atoms with Gasteiger partial charge in [-0.15, -0.1) is 0 Å². The van der Waals surface area contributed by atoms with E-state index in [4.69, 9.17) is 14.5 Å². The molecule has 3 aromatic rings. The van der Waals surface area contributed by atoms with Crippen LogP contribution in [0.2, 0.25) is 0 Å². The van der Waals surface area contributed by atoms with Crippen molar-refractivity contribution < 1.29 is 19.1 Å². The van der Waals surface area contributed by atoms with Gasteiger partial charge in [-0.05, 0) is 61.4 Å². The van der Waals surface area contributed by atoms with Gasteiger partial charge >= 0.3 is 5.97 Å². The minimum atomic E-state index is -0.490. The van der Waals surface area contributed by atoms with E-state index in [-0.39, 0.29) is 6.61 Å². The number of anilines is 1. The number of esters is 1. The number of methoxy groups -OCH3 is 1. The van der Waals surface area contributed by atoms with Crippen molar-refractivity contribution in [3.8, 4) is 5.75 Å². The highest BCUT2D eigenvalue weighted by Gasteiger charge is 2.26. The molecule has 1 amide bonds. The zero-order valence-corrected chi connectivity index (χ0v) is 18.0. The molecule has 1 atom stereocenters. The number of amides is 1. The third-order valence-corrected chi connectivity index (χ3v) is 5.67. The Balaban J connectivity index is 1.56. The second-order valence-corrected chi connectivity index (χ2v) is 8.11. The van der Waals surface area contributed by atoms with Gasteiger partial charge in [0, 0.05) is 11.1 Å². The summed E-state index contributed by atoms with van der Waals surface area (Å²) in [5.74, 6) is 0.112. The molecule has 0 aliphatic heterocycles. The number of aromatic nitrogens is 1. The molecular weight excluding hydrogens is 392 g/mol. The standard InChI is InChI=1S/C25H26N2O4/c1-15-8-10-20-18(12-15)24(17-6-4-5-7-19(17)26-20)25(29)31-14-23(28)27-21-13-16(2)9-11-22(21)30-3/h4-7,9,11,13,15H,8,10,12,14H2,1-3H3,(H,27,28)/t15-/m0/s1. The Bertz CT molecular complexity index is 1160. The molecule has 31 heavy (non-hydrogen) atoms.